The van der Waals surface area contributed by atoms with Crippen molar-refractivity contribution in [2.75, 3.05) is 6.54 Å². The van der Waals surface area contributed by atoms with Crippen LogP contribution in [0.3, 0.4) is 0 Å². The van der Waals surface area contributed by atoms with E-state index in [0.717, 1.165) is 32.4 Å². The van der Waals surface area contributed by atoms with E-state index in [1.165, 1.54) is 25.0 Å². The van der Waals surface area contributed by atoms with Crippen LogP contribution in [0.15, 0.2) is 12.5 Å². The number of imidazole rings is 1. The number of carbonyl (C=O) groups is 1. The van der Waals surface area contributed by atoms with Gasteiger partial charge in [0.05, 0.1) is 12.0 Å². The Hall–Kier alpha value is -1.36. The molecule has 110 valence electrons. The molecule has 1 saturated carbocycles. The predicted molar refractivity (Wildman–Crippen MR) is 77.2 cm³/mol. The van der Waals surface area contributed by atoms with Crippen LogP contribution in [0.5, 0.6) is 0 Å². The zero-order chi connectivity index (χ0) is 13.8. The molecule has 0 bridgehead atoms. The van der Waals surface area contributed by atoms with Crippen LogP contribution in [0.25, 0.3) is 0 Å². The molecule has 3 rings (SSSR count). The van der Waals surface area contributed by atoms with Gasteiger partial charge in [-0.25, -0.2) is 4.98 Å². The zero-order valence-corrected chi connectivity index (χ0v) is 12.0. The van der Waals surface area contributed by atoms with Crippen molar-refractivity contribution in [1.29, 1.82) is 0 Å². The van der Waals surface area contributed by atoms with Gasteiger partial charge in [-0.15, -0.1) is 0 Å². The number of carbonyl (C=O) groups excluding carboxylic acids is 1. The van der Waals surface area contributed by atoms with E-state index >= 15 is 0 Å². The number of hydrogen-bond acceptors (Lipinski definition) is 3. The van der Waals surface area contributed by atoms with E-state index in [4.69, 9.17) is 0 Å². The van der Waals surface area contributed by atoms with Gasteiger partial charge in [-0.2, -0.15) is 0 Å². The van der Waals surface area contributed by atoms with Gasteiger partial charge in [0, 0.05) is 31.2 Å². The zero-order valence-electron chi connectivity index (χ0n) is 12.0. The Kier molecular flexibility index (Phi) is 4.35. The first-order valence-corrected chi connectivity index (χ1v) is 7.86. The topological polar surface area (TPSA) is 59.0 Å². The van der Waals surface area contributed by atoms with E-state index in [2.05, 4.69) is 20.2 Å². The lowest BCUT2D eigenvalue weighted by molar-refractivity contribution is -0.121. The fourth-order valence-electron chi connectivity index (χ4n) is 2.85. The van der Waals surface area contributed by atoms with Gasteiger partial charge in [-0.1, -0.05) is 6.42 Å². The summed E-state index contributed by atoms with van der Waals surface area (Å²) in [5.74, 6) is 0.199. The SMILES string of the molecule is O=C(CCCn1cncc1C1CCCCN1)NC1CC1. The van der Waals surface area contributed by atoms with E-state index in [1.807, 2.05) is 12.5 Å². The Balaban J connectivity index is 1.47. The molecule has 5 heteroatoms. The molecule has 1 aliphatic carbocycles. The maximum atomic E-state index is 11.7. The van der Waals surface area contributed by atoms with E-state index in [-0.39, 0.29) is 5.91 Å². The molecule has 1 aromatic heterocycles. The van der Waals surface area contributed by atoms with Crippen molar-refractivity contribution < 1.29 is 4.79 Å². The van der Waals surface area contributed by atoms with Gasteiger partial charge in [0.2, 0.25) is 5.91 Å². The molecule has 0 aromatic carbocycles. The number of nitrogens with zero attached hydrogens (tertiary/aromatic N) is 2. The van der Waals surface area contributed by atoms with Crippen LogP contribution in [0.1, 0.15) is 56.7 Å². The number of amides is 1. The summed E-state index contributed by atoms with van der Waals surface area (Å²) in [6.45, 7) is 1.98. The number of rotatable bonds is 6. The molecule has 1 aromatic rings. The van der Waals surface area contributed by atoms with Gasteiger partial charge >= 0.3 is 0 Å². The third-order valence-corrected chi connectivity index (χ3v) is 4.16. The third-order valence-electron chi connectivity index (χ3n) is 4.16. The number of nitrogens with one attached hydrogen (secondary N) is 2. The summed E-state index contributed by atoms with van der Waals surface area (Å²) >= 11 is 0. The first-order chi connectivity index (χ1) is 9.83. The van der Waals surface area contributed by atoms with Crippen molar-refractivity contribution in [3.63, 3.8) is 0 Å². The number of hydrogen-bond donors (Lipinski definition) is 2. The number of piperidine rings is 1. The minimum absolute atomic E-state index is 0.199. The Morgan fingerprint density at radius 3 is 3.05 bits per heavy atom. The lowest BCUT2D eigenvalue weighted by atomic mass is 10.0. The second-order valence-electron chi connectivity index (χ2n) is 5.96. The van der Waals surface area contributed by atoms with Crippen LogP contribution >= 0.6 is 0 Å². The molecule has 1 aliphatic heterocycles. The van der Waals surface area contributed by atoms with Crippen molar-refractivity contribution in [3.8, 4) is 0 Å². The van der Waals surface area contributed by atoms with E-state index in [9.17, 15) is 4.79 Å². The van der Waals surface area contributed by atoms with Crippen molar-refractivity contribution in [2.24, 2.45) is 0 Å². The summed E-state index contributed by atoms with van der Waals surface area (Å²) in [5, 5.41) is 6.59. The Morgan fingerprint density at radius 2 is 2.30 bits per heavy atom. The van der Waals surface area contributed by atoms with E-state index < -0.39 is 0 Å². The minimum atomic E-state index is 0.199. The number of aromatic nitrogens is 2. The Labute approximate surface area is 120 Å². The standard InChI is InChI=1S/C15H24N4O/c20-15(18-12-6-7-12)5-3-9-19-11-16-10-14(19)13-4-1-2-8-17-13/h10-13,17H,1-9H2,(H,18,20). The predicted octanol–water partition coefficient (Wildman–Crippen LogP) is 1.76. The molecular weight excluding hydrogens is 252 g/mol. The Morgan fingerprint density at radius 1 is 1.40 bits per heavy atom. The molecule has 20 heavy (non-hydrogen) atoms. The third kappa shape index (κ3) is 3.60. The van der Waals surface area contributed by atoms with Crippen molar-refractivity contribution in [3.05, 3.63) is 18.2 Å². The summed E-state index contributed by atoms with van der Waals surface area (Å²) in [5.41, 5.74) is 1.27. The summed E-state index contributed by atoms with van der Waals surface area (Å²) in [6.07, 6.45) is 11.4. The molecule has 0 spiro atoms. The van der Waals surface area contributed by atoms with Crippen LogP contribution in [0, 0.1) is 0 Å². The average molecular weight is 276 g/mol. The van der Waals surface area contributed by atoms with Gasteiger partial charge in [0.25, 0.3) is 0 Å². The molecule has 5 nitrogen and oxygen atoms in total. The van der Waals surface area contributed by atoms with Crippen LogP contribution < -0.4 is 10.6 Å². The minimum Gasteiger partial charge on any atom is -0.353 e. The highest BCUT2D eigenvalue weighted by Crippen LogP contribution is 2.23. The second kappa shape index (κ2) is 6.39. The molecule has 2 aliphatic rings. The molecule has 1 amide bonds. The Bertz CT molecular complexity index is 446. The van der Waals surface area contributed by atoms with Crippen LogP contribution in [-0.4, -0.2) is 28.0 Å². The molecule has 1 atom stereocenters. The molecule has 1 saturated heterocycles. The quantitative estimate of drug-likeness (QED) is 0.832. The highest BCUT2D eigenvalue weighted by atomic mass is 16.1. The smallest absolute Gasteiger partial charge is 0.220 e. The maximum Gasteiger partial charge on any atom is 0.220 e. The van der Waals surface area contributed by atoms with Crippen molar-refractivity contribution in [1.82, 2.24) is 20.2 Å². The summed E-state index contributed by atoms with van der Waals surface area (Å²) < 4.78 is 2.20. The van der Waals surface area contributed by atoms with Crippen molar-refractivity contribution in [2.45, 2.75) is 63.6 Å². The van der Waals surface area contributed by atoms with Gasteiger partial charge in [0.15, 0.2) is 0 Å². The molecule has 1 unspecified atom stereocenters. The lowest BCUT2D eigenvalue weighted by Crippen LogP contribution is -2.29. The van der Waals surface area contributed by atoms with E-state index in [1.54, 1.807) is 0 Å². The summed E-state index contributed by atoms with van der Waals surface area (Å²) in [7, 11) is 0. The number of aryl methyl sites for hydroxylation is 1. The summed E-state index contributed by atoms with van der Waals surface area (Å²) in [4.78, 5) is 15.9. The van der Waals surface area contributed by atoms with Crippen LogP contribution in [-0.2, 0) is 11.3 Å². The van der Waals surface area contributed by atoms with Gasteiger partial charge in [-0.05, 0) is 38.6 Å². The highest BCUT2D eigenvalue weighted by Gasteiger charge is 2.23. The fourth-order valence-corrected chi connectivity index (χ4v) is 2.85. The largest absolute Gasteiger partial charge is 0.353 e. The molecule has 2 fully saturated rings. The molecular formula is C15H24N4O. The second-order valence-corrected chi connectivity index (χ2v) is 5.96. The van der Waals surface area contributed by atoms with E-state index in [0.29, 0.717) is 18.5 Å². The van der Waals surface area contributed by atoms with Gasteiger partial charge in [0.1, 0.15) is 0 Å². The van der Waals surface area contributed by atoms with Crippen LogP contribution in [0.2, 0.25) is 0 Å². The summed E-state index contributed by atoms with van der Waals surface area (Å²) in [6, 6.07) is 0.907. The van der Waals surface area contributed by atoms with Gasteiger partial charge < -0.3 is 15.2 Å². The molecule has 0 radical (unpaired) electrons. The first-order valence-electron chi connectivity index (χ1n) is 7.86. The lowest BCUT2D eigenvalue weighted by Gasteiger charge is -2.24. The average Bonchev–Trinajstić information content (AvgIpc) is 3.15. The monoisotopic (exact) mass is 276 g/mol. The first kappa shape index (κ1) is 13.6. The highest BCUT2D eigenvalue weighted by molar-refractivity contribution is 5.76. The molecule has 2 N–H and O–H groups in total. The van der Waals surface area contributed by atoms with Gasteiger partial charge in [-0.3, -0.25) is 4.79 Å². The fraction of sp³-hybridized carbons (Fsp3) is 0.733. The molecule has 2 heterocycles. The maximum absolute atomic E-state index is 11.7. The normalized spacial score (nSPS) is 22.7. The van der Waals surface area contributed by atoms with Crippen molar-refractivity contribution >= 4 is 5.91 Å². The van der Waals surface area contributed by atoms with Crippen LogP contribution in [0.4, 0.5) is 0 Å².